The number of nitrogens with one attached hydrogen (secondary N) is 1. The van der Waals surface area contributed by atoms with Crippen LogP contribution in [0.15, 0.2) is 48.8 Å². The normalized spacial score (nSPS) is 14.1. The van der Waals surface area contributed by atoms with Crippen LogP contribution in [0.25, 0.3) is 10.9 Å². The summed E-state index contributed by atoms with van der Waals surface area (Å²) in [4.78, 5) is 11.1. The fourth-order valence-corrected chi connectivity index (χ4v) is 3.13. The minimum Gasteiger partial charge on any atom is -0.497 e. The summed E-state index contributed by atoms with van der Waals surface area (Å²) in [6.45, 7) is 2.32. The van der Waals surface area contributed by atoms with Crippen LogP contribution >= 0.6 is 0 Å². The number of hydrogen-bond donors (Lipinski definition) is 1. The monoisotopic (exact) mass is 320 g/mol. The van der Waals surface area contributed by atoms with Gasteiger partial charge in [-0.15, -0.1) is 0 Å². The highest BCUT2D eigenvalue weighted by Gasteiger charge is 2.12. The smallest absolute Gasteiger partial charge is 0.141 e. The Hall–Kier alpha value is -2.82. The molecule has 0 bridgehead atoms. The number of benzene rings is 2. The number of hydrogen-bond acceptors (Lipinski definition) is 5. The lowest BCUT2D eigenvalue weighted by molar-refractivity contribution is 0.415. The molecule has 0 atom stereocenters. The van der Waals surface area contributed by atoms with E-state index in [-0.39, 0.29) is 0 Å². The largest absolute Gasteiger partial charge is 0.497 e. The molecule has 0 spiro atoms. The standard InChI is InChI=1S/C19H20N4O/c1-24-16-8-9-17-18(12-16)20-13-21-19(17)22-14-4-6-15(7-5-14)23-10-2-3-11-23/h4-9,12-13H,2-3,10-11H2,1H3,(H,20,21,22). The van der Waals surface area contributed by atoms with Gasteiger partial charge in [0.2, 0.25) is 0 Å². The van der Waals surface area contributed by atoms with Gasteiger partial charge in [-0.1, -0.05) is 0 Å². The van der Waals surface area contributed by atoms with Crippen LogP contribution in [-0.4, -0.2) is 30.2 Å². The average Bonchev–Trinajstić information content (AvgIpc) is 3.17. The molecule has 5 heteroatoms. The van der Waals surface area contributed by atoms with E-state index >= 15 is 0 Å². The molecule has 1 N–H and O–H groups in total. The first-order valence-corrected chi connectivity index (χ1v) is 8.24. The Labute approximate surface area is 141 Å². The van der Waals surface area contributed by atoms with E-state index in [1.165, 1.54) is 18.5 Å². The highest BCUT2D eigenvalue weighted by Crippen LogP contribution is 2.27. The lowest BCUT2D eigenvalue weighted by Gasteiger charge is -2.18. The molecular formula is C19H20N4O. The third-order valence-corrected chi connectivity index (χ3v) is 4.44. The maximum Gasteiger partial charge on any atom is 0.141 e. The van der Waals surface area contributed by atoms with Gasteiger partial charge in [0, 0.05) is 35.9 Å². The second-order valence-corrected chi connectivity index (χ2v) is 5.97. The van der Waals surface area contributed by atoms with Gasteiger partial charge in [-0.05, 0) is 49.2 Å². The van der Waals surface area contributed by atoms with Gasteiger partial charge in [0.25, 0.3) is 0 Å². The quantitative estimate of drug-likeness (QED) is 0.788. The first-order valence-electron chi connectivity index (χ1n) is 8.24. The average molecular weight is 320 g/mol. The Morgan fingerprint density at radius 3 is 2.54 bits per heavy atom. The summed E-state index contributed by atoms with van der Waals surface area (Å²) in [6, 6.07) is 14.4. The molecule has 0 amide bonds. The molecule has 1 saturated heterocycles. The summed E-state index contributed by atoms with van der Waals surface area (Å²) in [7, 11) is 1.66. The Kier molecular flexibility index (Phi) is 3.91. The zero-order valence-corrected chi connectivity index (χ0v) is 13.7. The number of nitrogens with zero attached hydrogens (tertiary/aromatic N) is 3. The van der Waals surface area contributed by atoms with Gasteiger partial charge in [0.1, 0.15) is 17.9 Å². The van der Waals surface area contributed by atoms with E-state index in [9.17, 15) is 0 Å². The first-order chi connectivity index (χ1) is 11.8. The Morgan fingerprint density at radius 1 is 1.00 bits per heavy atom. The molecule has 24 heavy (non-hydrogen) atoms. The van der Waals surface area contributed by atoms with Crippen LogP contribution in [0.4, 0.5) is 17.2 Å². The van der Waals surface area contributed by atoms with Crippen LogP contribution in [0.3, 0.4) is 0 Å². The van der Waals surface area contributed by atoms with E-state index in [0.717, 1.165) is 41.2 Å². The van der Waals surface area contributed by atoms with Crippen LogP contribution in [0, 0.1) is 0 Å². The van der Waals surface area contributed by atoms with Crippen LogP contribution in [0.5, 0.6) is 5.75 Å². The number of aromatic nitrogens is 2. The molecule has 1 aliphatic heterocycles. The van der Waals surface area contributed by atoms with Crippen molar-refractivity contribution in [2.75, 3.05) is 30.4 Å². The van der Waals surface area contributed by atoms with Gasteiger partial charge >= 0.3 is 0 Å². The fraction of sp³-hybridized carbons (Fsp3) is 0.263. The molecule has 0 unspecified atom stereocenters. The fourth-order valence-electron chi connectivity index (χ4n) is 3.13. The van der Waals surface area contributed by atoms with E-state index < -0.39 is 0 Å². The topological polar surface area (TPSA) is 50.3 Å². The number of fused-ring (bicyclic) bond motifs is 1. The van der Waals surface area contributed by atoms with E-state index in [1.807, 2.05) is 18.2 Å². The van der Waals surface area contributed by atoms with Gasteiger partial charge < -0.3 is 15.0 Å². The summed E-state index contributed by atoms with van der Waals surface area (Å²) in [5.41, 5.74) is 3.17. The van der Waals surface area contributed by atoms with Crippen LogP contribution in [0.1, 0.15) is 12.8 Å². The third-order valence-electron chi connectivity index (χ3n) is 4.44. The highest BCUT2D eigenvalue weighted by atomic mass is 16.5. The molecular weight excluding hydrogens is 300 g/mol. The lowest BCUT2D eigenvalue weighted by Crippen LogP contribution is -2.17. The molecule has 5 nitrogen and oxygen atoms in total. The molecule has 1 fully saturated rings. The molecule has 2 aromatic carbocycles. The lowest BCUT2D eigenvalue weighted by atomic mass is 10.2. The molecule has 2 heterocycles. The molecule has 122 valence electrons. The van der Waals surface area contributed by atoms with Gasteiger partial charge in [0.05, 0.1) is 12.6 Å². The Bertz CT molecular complexity index is 842. The van der Waals surface area contributed by atoms with Crippen molar-refractivity contribution >= 4 is 28.1 Å². The Morgan fingerprint density at radius 2 is 1.79 bits per heavy atom. The van der Waals surface area contributed by atoms with Crippen molar-refractivity contribution in [2.45, 2.75) is 12.8 Å². The first kappa shape index (κ1) is 14.8. The summed E-state index contributed by atoms with van der Waals surface area (Å²) in [5, 5.41) is 4.37. The summed E-state index contributed by atoms with van der Waals surface area (Å²) in [5.74, 6) is 1.60. The van der Waals surface area contributed by atoms with Crippen molar-refractivity contribution in [3.05, 3.63) is 48.8 Å². The van der Waals surface area contributed by atoms with Crippen molar-refractivity contribution in [3.63, 3.8) is 0 Å². The molecule has 1 aliphatic rings. The van der Waals surface area contributed by atoms with Crippen molar-refractivity contribution in [1.29, 1.82) is 0 Å². The van der Waals surface area contributed by atoms with E-state index in [4.69, 9.17) is 4.74 Å². The molecule has 3 aromatic rings. The van der Waals surface area contributed by atoms with Gasteiger partial charge in [-0.2, -0.15) is 0 Å². The van der Waals surface area contributed by atoms with Crippen LogP contribution in [-0.2, 0) is 0 Å². The molecule has 4 rings (SSSR count). The second-order valence-electron chi connectivity index (χ2n) is 5.97. The maximum atomic E-state index is 5.26. The minimum atomic E-state index is 0.794. The third kappa shape index (κ3) is 2.85. The highest BCUT2D eigenvalue weighted by molar-refractivity contribution is 5.91. The van der Waals surface area contributed by atoms with E-state index in [2.05, 4.69) is 44.5 Å². The Balaban J connectivity index is 1.59. The molecule has 0 saturated carbocycles. The van der Waals surface area contributed by atoms with E-state index in [0.29, 0.717) is 0 Å². The van der Waals surface area contributed by atoms with Crippen molar-refractivity contribution in [3.8, 4) is 5.75 Å². The summed E-state index contributed by atoms with van der Waals surface area (Å²) in [6.07, 6.45) is 4.15. The van der Waals surface area contributed by atoms with Crippen LogP contribution in [0.2, 0.25) is 0 Å². The zero-order chi connectivity index (χ0) is 16.4. The van der Waals surface area contributed by atoms with Crippen molar-refractivity contribution in [1.82, 2.24) is 9.97 Å². The van der Waals surface area contributed by atoms with Crippen LogP contribution < -0.4 is 15.0 Å². The molecule has 0 radical (unpaired) electrons. The van der Waals surface area contributed by atoms with Gasteiger partial charge in [-0.25, -0.2) is 9.97 Å². The summed E-state index contributed by atoms with van der Waals surface area (Å²) >= 11 is 0. The van der Waals surface area contributed by atoms with Crippen molar-refractivity contribution < 1.29 is 4.74 Å². The number of ether oxygens (including phenoxy) is 1. The minimum absolute atomic E-state index is 0.794. The predicted octanol–water partition coefficient (Wildman–Crippen LogP) is 3.98. The maximum absolute atomic E-state index is 5.26. The predicted molar refractivity (Wildman–Crippen MR) is 97.3 cm³/mol. The summed E-state index contributed by atoms with van der Waals surface area (Å²) < 4.78 is 5.26. The second kappa shape index (κ2) is 6.35. The van der Waals surface area contributed by atoms with Gasteiger partial charge in [-0.3, -0.25) is 0 Å². The molecule has 1 aromatic heterocycles. The van der Waals surface area contributed by atoms with E-state index in [1.54, 1.807) is 13.4 Å². The van der Waals surface area contributed by atoms with Gasteiger partial charge in [0.15, 0.2) is 0 Å². The number of methoxy groups -OCH3 is 1. The number of rotatable bonds is 4. The SMILES string of the molecule is COc1ccc2c(Nc3ccc(N4CCCC4)cc3)ncnc2c1. The zero-order valence-electron chi connectivity index (χ0n) is 13.7. The molecule has 0 aliphatic carbocycles. The van der Waals surface area contributed by atoms with Crippen molar-refractivity contribution in [2.24, 2.45) is 0 Å². The number of anilines is 3.